The summed E-state index contributed by atoms with van der Waals surface area (Å²) in [7, 11) is 0. The Hall–Kier alpha value is -1.55. The van der Waals surface area contributed by atoms with Gasteiger partial charge >= 0.3 is 0 Å². The van der Waals surface area contributed by atoms with Gasteiger partial charge in [0.2, 0.25) is 5.91 Å². The standard InChI is InChI=1S/C14H19NO3/c1-11-10-15(8-9-18-11)14(17)7-6-12-4-2-3-5-13(12)16/h2-5,11,16H,6-10H2,1H3. The van der Waals surface area contributed by atoms with Crippen molar-refractivity contribution in [1.82, 2.24) is 4.90 Å². The van der Waals surface area contributed by atoms with Crippen molar-refractivity contribution < 1.29 is 14.6 Å². The van der Waals surface area contributed by atoms with E-state index >= 15 is 0 Å². The van der Waals surface area contributed by atoms with Gasteiger partial charge in [-0.15, -0.1) is 0 Å². The molecule has 4 heteroatoms. The van der Waals surface area contributed by atoms with Crippen LogP contribution in [0.5, 0.6) is 5.75 Å². The van der Waals surface area contributed by atoms with Gasteiger partial charge in [-0.25, -0.2) is 0 Å². The summed E-state index contributed by atoms with van der Waals surface area (Å²) in [4.78, 5) is 13.9. The maximum absolute atomic E-state index is 12.0. The smallest absolute Gasteiger partial charge is 0.223 e. The molecule has 2 rings (SSSR count). The largest absolute Gasteiger partial charge is 0.508 e. The summed E-state index contributed by atoms with van der Waals surface area (Å²) in [5.41, 5.74) is 0.826. The third-order valence-electron chi connectivity index (χ3n) is 3.19. The van der Waals surface area contributed by atoms with Crippen molar-refractivity contribution >= 4 is 5.91 Å². The number of aryl methyl sites for hydroxylation is 1. The first-order valence-corrected chi connectivity index (χ1v) is 6.33. The van der Waals surface area contributed by atoms with Crippen molar-refractivity contribution in [2.75, 3.05) is 19.7 Å². The van der Waals surface area contributed by atoms with Crippen molar-refractivity contribution in [2.24, 2.45) is 0 Å². The molecule has 1 aromatic rings. The second-order valence-electron chi connectivity index (χ2n) is 4.65. The fraction of sp³-hybridized carbons (Fsp3) is 0.500. The molecule has 0 saturated carbocycles. The van der Waals surface area contributed by atoms with E-state index in [0.29, 0.717) is 32.5 Å². The Balaban J connectivity index is 1.86. The number of phenols is 1. The van der Waals surface area contributed by atoms with Crippen molar-refractivity contribution in [2.45, 2.75) is 25.9 Å². The molecule has 1 atom stereocenters. The van der Waals surface area contributed by atoms with Crippen LogP contribution in [0.2, 0.25) is 0 Å². The van der Waals surface area contributed by atoms with E-state index in [1.807, 2.05) is 24.0 Å². The van der Waals surface area contributed by atoms with Crippen LogP contribution in [0, 0.1) is 0 Å². The first kappa shape index (κ1) is 12.9. The second-order valence-corrected chi connectivity index (χ2v) is 4.65. The normalized spacial score (nSPS) is 19.8. The number of carbonyl (C=O) groups is 1. The summed E-state index contributed by atoms with van der Waals surface area (Å²) in [5, 5.41) is 9.63. The number of hydrogen-bond acceptors (Lipinski definition) is 3. The lowest BCUT2D eigenvalue weighted by molar-refractivity contribution is -0.138. The van der Waals surface area contributed by atoms with E-state index in [-0.39, 0.29) is 17.8 Å². The molecule has 1 unspecified atom stereocenters. The lowest BCUT2D eigenvalue weighted by atomic mass is 10.1. The quantitative estimate of drug-likeness (QED) is 0.884. The molecule has 1 aromatic carbocycles. The van der Waals surface area contributed by atoms with Crippen LogP contribution in [0.4, 0.5) is 0 Å². The molecule has 1 heterocycles. The van der Waals surface area contributed by atoms with Gasteiger partial charge in [0.1, 0.15) is 5.75 Å². The highest BCUT2D eigenvalue weighted by Gasteiger charge is 2.21. The van der Waals surface area contributed by atoms with Crippen molar-refractivity contribution in [3.8, 4) is 5.75 Å². The highest BCUT2D eigenvalue weighted by Crippen LogP contribution is 2.18. The average molecular weight is 249 g/mol. The number of ether oxygens (including phenoxy) is 1. The molecule has 0 bridgehead atoms. The zero-order valence-electron chi connectivity index (χ0n) is 10.6. The maximum atomic E-state index is 12.0. The van der Waals surface area contributed by atoms with E-state index < -0.39 is 0 Å². The fourth-order valence-electron chi connectivity index (χ4n) is 2.17. The van der Waals surface area contributed by atoms with Gasteiger partial charge < -0.3 is 14.7 Å². The molecule has 0 aromatic heterocycles. The lowest BCUT2D eigenvalue weighted by Crippen LogP contribution is -2.44. The van der Waals surface area contributed by atoms with E-state index in [1.54, 1.807) is 12.1 Å². The number of amides is 1. The van der Waals surface area contributed by atoms with Gasteiger partial charge in [-0.2, -0.15) is 0 Å². The SMILES string of the molecule is CC1CN(C(=O)CCc2ccccc2O)CCO1. The topological polar surface area (TPSA) is 49.8 Å². The number of rotatable bonds is 3. The molecule has 98 valence electrons. The Morgan fingerprint density at radius 1 is 1.50 bits per heavy atom. The third-order valence-corrected chi connectivity index (χ3v) is 3.19. The Kier molecular flexibility index (Phi) is 4.20. The van der Waals surface area contributed by atoms with E-state index in [1.165, 1.54) is 0 Å². The predicted octanol–water partition coefficient (Wildman–Crippen LogP) is 1.57. The van der Waals surface area contributed by atoms with E-state index in [9.17, 15) is 9.90 Å². The zero-order chi connectivity index (χ0) is 13.0. The van der Waals surface area contributed by atoms with Gasteiger partial charge in [-0.05, 0) is 25.0 Å². The second kappa shape index (κ2) is 5.87. The summed E-state index contributed by atoms with van der Waals surface area (Å²) < 4.78 is 5.41. The molecule has 4 nitrogen and oxygen atoms in total. The number of hydrogen-bond donors (Lipinski definition) is 1. The Bertz CT molecular complexity index is 419. The highest BCUT2D eigenvalue weighted by molar-refractivity contribution is 5.76. The van der Waals surface area contributed by atoms with Crippen LogP contribution in [-0.4, -0.2) is 41.7 Å². The van der Waals surface area contributed by atoms with Gasteiger partial charge in [-0.1, -0.05) is 18.2 Å². The Morgan fingerprint density at radius 3 is 3.00 bits per heavy atom. The van der Waals surface area contributed by atoms with Crippen LogP contribution >= 0.6 is 0 Å². The highest BCUT2D eigenvalue weighted by atomic mass is 16.5. The lowest BCUT2D eigenvalue weighted by Gasteiger charge is -2.31. The predicted molar refractivity (Wildman–Crippen MR) is 68.4 cm³/mol. The maximum Gasteiger partial charge on any atom is 0.223 e. The van der Waals surface area contributed by atoms with Crippen LogP contribution in [0.25, 0.3) is 0 Å². The molecule has 1 N–H and O–H groups in total. The molecule has 1 fully saturated rings. The van der Waals surface area contributed by atoms with Crippen LogP contribution in [0.1, 0.15) is 18.9 Å². The Labute approximate surface area is 107 Å². The molecular weight excluding hydrogens is 230 g/mol. The summed E-state index contributed by atoms with van der Waals surface area (Å²) in [6.45, 7) is 3.93. The van der Waals surface area contributed by atoms with Crippen LogP contribution in [0.15, 0.2) is 24.3 Å². The Morgan fingerprint density at radius 2 is 2.28 bits per heavy atom. The fourth-order valence-corrected chi connectivity index (χ4v) is 2.17. The zero-order valence-corrected chi connectivity index (χ0v) is 10.6. The number of aromatic hydroxyl groups is 1. The molecule has 1 aliphatic rings. The van der Waals surface area contributed by atoms with Gasteiger partial charge in [0, 0.05) is 19.5 Å². The monoisotopic (exact) mass is 249 g/mol. The van der Waals surface area contributed by atoms with Gasteiger partial charge in [0.25, 0.3) is 0 Å². The molecule has 1 aliphatic heterocycles. The third kappa shape index (κ3) is 3.23. The number of morpholine rings is 1. The minimum absolute atomic E-state index is 0.118. The van der Waals surface area contributed by atoms with E-state index in [4.69, 9.17) is 4.74 Å². The van der Waals surface area contributed by atoms with Gasteiger partial charge in [-0.3, -0.25) is 4.79 Å². The summed E-state index contributed by atoms with van der Waals surface area (Å²) in [5.74, 6) is 0.397. The minimum Gasteiger partial charge on any atom is -0.508 e. The molecular formula is C14H19NO3. The van der Waals surface area contributed by atoms with E-state index in [2.05, 4.69) is 0 Å². The first-order valence-electron chi connectivity index (χ1n) is 6.33. The summed E-state index contributed by atoms with van der Waals surface area (Å²) in [6, 6.07) is 7.15. The van der Waals surface area contributed by atoms with Gasteiger partial charge in [0.05, 0.1) is 12.7 Å². The first-order chi connectivity index (χ1) is 8.66. The molecule has 0 spiro atoms. The number of benzene rings is 1. The minimum atomic E-state index is 0.118. The van der Waals surface area contributed by atoms with Crippen LogP contribution < -0.4 is 0 Å². The molecule has 1 saturated heterocycles. The molecule has 0 radical (unpaired) electrons. The van der Waals surface area contributed by atoms with Crippen LogP contribution in [-0.2, 0) is 16.0 Å². The van der Waals surface area contributed by atoms with Crippen LogP contribution in [0.3, 0.4) is 0 Å². The summed E-state index contributed by atoms with van der Waals surface area (Å²) in [6.07, 6.45) is 1.13. The summed E-state index contributed by atoms with van der Waals surface area (Å²) >= 11 is 0. The molecule has 0 aliphatic carbocycles. The van der Waals surface area contributed by atoms with Crippen molar-refractivity contribution in [3.63, 3.8) is 0 Å². The number of para-hydroxylation sites is 1. The van der Waals surface area contributed by atoms with Gasteiger partial charge in [0.15, 0.2) is 0 Å². The number of phenolic OH excluding ortho intramolecular Hbond substituents is 1. The molecule has 18 heavy (non-hydrogen) atoms. The molecule has 1 amide bonds. The number of carbonyl (C=O) groups excluding carboxylic acids is 1. The number of nitrogens with zero attached hydrogens (tertiary/aromatic N) is 1. The van der Waals surface area contributed by atoms with Crippen molar-refractivity contribution in [3.05, 3.63) is 29.8 Å². The van der Waals surface area contributed by atoms with E-state index in [0.717, 1.165) is 5.56 Å². The van der Waals surface area contributed by atoms with Crippen molar-refractivity contribution in [1.29, 1.82) is 0 Å². The average Bonchev–Trinajstić information content (AvgIpc) is 2.37.